The van der Waals surface area contributed by atoms with Gasteiger partial charge in [-0.25, -0.2) is 0 Å². The van der Waals surface area contributed by atoms with Crippen molar-refractivity contribution in [1.82, 2.24) is 5.32 Å². The first kappa shape index (κ1) is 19.5. The van der Waals surface area contributed by atoms with Crippen molar-refractivity contribution in [1.29, 1.82) is 0 Å². The van der Waals surface area contributed by atoms with Gasteiger partial charge in [-0.15, -0.1) is 0 Å². The van der Waals surface area contributed by atoms with Crippen molar-refractivity contribution in [2.75, 3.05) is 0 Å². The van der Waals surface area contributed by atoms with E-state index in [4.69, 9.17) is 5.73 Å². The second-order valence-electron chi connectivity index (χ2n) is 6.23. The molecule has 28 heavy (non-hydrogen) atoms. The molecule has 0 spiro atoms. The summed E-state index contributed by atoms with van der Waals surface area (Å²) < 4.78 is 29.2. The van der Waals surface area contributed by atoms with Gasteiger partial charge in [-0.3, -0.25) is 4.79 Å². The first-order chi connectivity index (χ1) is 13.5. The van der Waals surface area contributed by atoms with E-state index < -0.39 is 12.5 Å². The van der Waals surface area contributed by atoms with Gasteiger partial charge in [0, 0.05) is 12.1 Å². The van der Waals surface area contributed by atoms with Gasteiger partial charge in [-0.2, -0.15) is 8.78 Å². The maximum absolute atomic E-state index is 12.4. The van der Waals surface area contributed by atoms with Gasteiger partial charge in [0.25, 0.3) is 0 Å². The average Bonchev–Trinajstić information content (AvgIpc) is 2.70. The van der Waals surface area contributed by atoms with Crippen LogP contribution in [0.5, 0.6) is 5.75 Å². The molecule has 0 aliphatic heterocycles. The summed E-state index contributed by atoms with van der Waals surface area (Å²) >= 11 is 0. The Labute approximate surface area is 162 Å². The van der Waals surface area contributed by atoms with E-state index in [0.29, 0.717) is 12.1 Å². The molecule has 0 fully saturated rings. The fourth-order valence-electron chi connectivity index (χ4n) is 2.92. The monoisotopic (exact) mass is 382 g/mol. The number of carbonyl (C=O) groups excluding carboxylic acids is 1. The Morgan fingerprint density at radius 1 is 0.893 bits per heavy atom. The lowest BCUT2D eigenvalue weighted by atomic mass is 9.98. The number of halogens is 2. The smallest absolute Gasteiger partial charge is 0.387 e. The molecule has 0 saturated heterocycles. The Hall–Kier alpha value is -3.25. The number of ether oxygens (including phenoxy) is 1. The molecule has 1 amide bonds. The first-order valence-corrected chi connectivity index (χ1v) is 8.75. The minimum Gasteiger partial charge on any atom is -0.435 e. The molecule has 3 aromatic rings. The van der Waals surface area contributed by atoms with Crippen molar-refractivity contribution in [3.05, 3.63) is 101 Å². The Morgan fingerprint density at radius 2 is 1.50 bits per heavy atom. The molecular weight excluding hydrogens is 362 g/mol. The van der Waals surface area contributed by atoms with Gasteiger partial charge in [0.2, 0.25) is 5.91 Å². The fourth-order valence-corrected chi connectivity index (χ4v) is 2.92. The van der Waals surface area contributed by atoms with E-state index in [2.05, 4.69) is 10.1 Å². The molecule has 0 radical (unpaired) electrons. The maximum Gasteiger partial charge on any atom is 0.387 e. The number of carbonyl (C=O) groups is 1. The first-order valence-electron chi connectivity index (χ1n) is 8.75. The second kappa shape index (κ2) is 9.10. The minimum atomic E-state index is -2.85. The normalized spacial score (nSPS) is 12.0. The number of nitrogens with one attached hydrogen (secondary N) is 1. The third kappa shape index (κ3) is 5.14. The van der Waals surface area contributed by atoms with Crippen LogP contribution >= 0.6 is 0 Å². The Balaban J connectivity index is 1.79. The molecule has 4 nitrogen and oxygen atoms in total. The standard InChI is InChI=1S/C22H20F2N2O2/c23-22(24)28-19-12-10-17(11-13-19)20(16-4-2-1-3-5-16)26-14-15-6-8-18(9-7-15)21(25)27/h1-13,20,22,26H,14H2,(H2,25,27)/t20-/m0/s1. The third-order valence-corrected chi connectivity index (χ3v) is 4.32. The Kier molecular flexibility index (Phi) is 6.34. The highest BCUT2D eigenvalue weighted by Crippen LogP contribution is 2.25. The van der Waals surface area contributed by atoms with E-state index in [-0.39, 0.29) is 11.8 Å². The summed E-state index contributed by atoms with van der Waals surface area (Å²) in [4.78, 5) is 11.2. The zero-order valence-corrected chi connectivity index (χ0v) is 15.0. The number of hydrogen-bond donors (Lipinski definition) is 2. The molecule has 0 aromatic heterocycles. The molecule has 0 heterocycles. The van der Waals surface area contributed by atoms with Crippen LogP contribution in [0.2, 0.25) is 0 Å². The van der Waals surface area contributed by atoms with E-state index in [1.54, 1.807) is 24.3 Å². The highest BCUT2D eigenvalue weighted by atomic mass is 19.3. The molecule has 1 atom stereocenters. The summed E-state index contributed by atoms with van der Waals surface area (Å²) in [6.07, 6.45) is 0. The van der Waals surface area contributed by atoms with Crippen molar-refractivity contribution < 1.29 is 18.3 Å². The molecule has 0 aliphatic rings. The van der Waals surface area contributed by atoms with E-state index in [0.717, 1.165) is 16.7 Å². The van der Waals surface area contributed by atoms with Crippen molar-refractivity contribution in [2.45, 2.75) is 19.2 Å². The van der Waals surface area contributed by atoms with E-state index in [1.807, 2.05) is 42.5 Å². The van der Waals surface area contributed by atoms with Crippen LogP contribution in [0.3, 0.4) is 0 Å². The van der Waals surface area contributed by atoms with Crippen molar-refractivity contribution >= 4 is 5.91 Å². The number of amides is 1. The molecule has 6 heteroatoms. The molecule has 0 bridgehead atoms. The summed E-state index contributed by atoms with van der Waals surface area (Å²) in [6.45, 7) is -2.30. The Morgan fingerprint density at radius 3 is 2.07 bits per heavy atom. The summed E-state index contributed by atoms with van der Waals surface area (Å²) in [7, 11) is 0. The quantitative estimate of drug-likeness (QED) is 0.612. The Bertz CT molecular complexity index is 898. The van der Waals surface area contributed by atoms with Crippen LogP contribution in [0.25, 0.3) is 0 Å². The number of rotatable bonds is 8. The predicted octanol–water partition coefficient (Wildman–Crippen LogP) is 4.27. The lowest BCUT2D eigenvalue weighted by molar-refractivity contribution is -0.0498. The summed E-state index contributed by atoms with van der Waals surface area (Å²) in [5.41, 5.74) is 8.67. The largest absolute Gasteiger partial charge is 0.435 e. The van der Waals surface area contributed by atoms with Crippen molar-refractivity contribution in [2.24, 2.45) is 5.73 Å². The zero-order chi connectivity index (χ0) is 19.9. The third-order valence-electron chi connectivity index (χ3n) is 4.32. The summed E-state index contributed by atoms with van der Waals surface area (Å²) in [5.74, 6) is -0.347. The van der Waals surface area contributed by atoms with E-state index in [9.17, 15) is 13.6 Å². The van der Waals surface area contributed by atoms with Crippen molar-refractivity contribution in [3.63, 3.8) is 0 Å². The van der Waals surface area contributed by atoms with Crippen LogP contribution in [0.15, 0.2) is 78.9 Å². The van der Waals surface area contributed by atoms with Gasteiger partial charge in [-0.05, 0) is 41.0 Å². The molecule has 3 N–H and O–H groups in total. The SMILES string of the molecule is NC(=O)c1ccc(CN[C@@H](c2ccccc2)c2ccc(OC(F)F)cc2)cc1. The van der Waals surface area contributed by atoms with Gasteiger partial charge in [-0.1, -0.05) is 54.6 Å². The van der Waals surface area contributed by atoms with Crippen LogP contribution in [0, 0.1) is 0 Å². The molecule has 0 saturated carbocycles. The van der Waals surface area contributed by atoms with E-state index in [1.165, 1.54) is 12.1 Å². The van der Waals surface area contributed by atoms with Crippen molar-refractivity contribution in [3.8, 4) is 5.75 Å². The molecular formula is C22H20F2N2O2. The number of primary amides is 1. The van der Waals surface area contributed by atoms with Crippen LogP contribution in [0.4, 0.5) is 8.78 Å². The average molecular weight is 382 g/mol. The maximum atomic E-state index is 12.4. The lowest BCUT2D eigenvalue weighted by Gasteiger charge is -2.20. The number of hydrogen-bond acceptors (Lipinski definition) is 3. The molecule has 0 unspecified atom stereocenters. The predicted molar refractivity (Wildman–Crippen MR) is 103 cm³/mol. The highest BCUT2D eigenvalue weighted by molar-refractivity contribution is 5.92. The molecule has 3 rings (SSSR count). The van der Waals surface area contributed by atoms with Crippen LogP contribution in [0.1, 0.15) is 33.1 Å². The molecule has 144 valence electrons. The van der Waals surface area contributed by atoms with Gasteiger partial charge in [0.1, 0.15) is 5.75 Å². The number of nitrogens with two attached hydrogens (primary N) is 1. The highest BCUT2D eigenvalue weighted by Gasteiger charge is 2.14. The fraction of sp³-hybridized carbons (Fsp3) is 0.136. The van der Waals surface area contributed by atoms with Crippen LogP contribution in [-0.2, 0) is 6.54 Å². The van der Waals surface area contributed by atoms with Gasteiger partial charge in [0.05, 0.1) is 6.04 Å². The summed E-state index contributed by atoms with van der Waals surface area (Å²) in [6, 6.07) is 23.3. The minimum absolute atomic E-state index is 0.118. The van der Waals surface area contributed by atoms with Gasteiger partial charge >= 0.3 is 6.61 Å². The molecule has 0 aliphatic carbocycles. The molecule has 3 aromatic carbocycles. The van der Waals surface area contributed by atoms with Crippen LogP contribution < -0.4 is 15.8 Å². The van der Waals surface area contributed by atoms with E-state index >= 15 is 0 Å². The van der Waals surface area contributed by atoms with Gasteiger partial charge < -0.3 is 15.8 Å². The summed E-state index contributed by atoms with van der Waals surface area (Å²) in [5, 5.41) is 3.47. The van der Waals surface area contributed by atoms with Crippen LogP contribution in [-0.4, -0.2) is 12.5 Å². The number of alkyl halides is 2. The lowest BCUT2D eigenvalue weighted by Crippen LogP contribution is -2.22. The second-order valence-corrected chi connectivity index (χ2v) is 6.23. The zero-order valence-electron chi connectivity index (χ0n) is 15.0. The number of benzene rings is 3. The topological polar surface area (TPSA) is 64.4 Å². The van der Waals surface area contributed by atoms with Gasteiger partial charge in [0.15, 0.2) is 0 Å².